The van der Waals surface area contributed by atoms with Crippen LogP contribution in [0, 0.1) is 0 Å². The Labute approximate surface area is 102 Å². The highest BCUT2D eigenvalue weighted by atomic mass is 32.1. The van der Waals surface area contributed by atoms with Gasteiger partial charge in [-0.3, -0.25) is 9.78 Å². The van der Waals surface area contributed by atoms with Gasteiger partial charge in [0.1, 0.15) is 5.69 Å². The van der Waals surface area contributed by atoms with Gasteiger partial charge < -0.3 is 16.4 Å². The molecule has 1 aliphatic heterocycles. The molecule has 0 saturated carbocycles. The molecule has 5 N–H and O–H groups in total. The minimum Gasteiger partial charge on any atom is -0.369 e. The molecule has 0 radical (unpaired) electrons. The Hall–Kier alpha value is -1.54. The number of nitrogen functional groups attached to an aromatic ring is 1. The van der Waals surface area contributed by atoms with E-state index in [4.69, 9.17) is 18.0 Å². The molecule has 0 amide bonds. The quantitative estimate of drug-likeness (QED) is 0.282. The third-order valence-electron chi connectivity index (χ3n) is 2.07. The van der Waals surface area contributed by atoms with Crippen LogP contribution in [0.5, 0.6) is 0 Å². The summed E-state index contributed by atoms with van der Waals surface area (Å²) >= 11 is 8.94. The predicted molar refractivity (Wildman–Crippen MR) is 71.0 cm³/mol. The Morgan fingerprint density at radius 3 is 3.06 bits per heavy atom. The number of rotatable bonds is 1. The number of nitrogens with two attached hydrogens (primary N) is 1. The zero-order chi connectivity index (χ0) is 11.7. The Balaban J connectivity index is 2.49. The number of hydrogen-bond donors (Lipinski definition) is 5. The van der Waals surface area contributed by atoms with E-state index in [0.717, 1.165) is 5.70 Å². The first-order valence-corrected chi connectivity index (χ1v) is 5.31. The van der Waals surface area contributed by atoms with E-state index in [-0.39, 0.29) is 11.5 Å². The first-order chi connectivity index (χ1) is 7.61. The molecule has 6 nitrogen and oxygen atoms in total. The van der Waals surface area contributed by atoms with Gasteiger partial charge in [0, 0.05) is 16.0 Å². The average Bonchev–Trinajstić information content (AvgIpc) is 2.27. The standard InChI is InChI=1S/C8H9N5OS2/c9-8-12-6-5(7(14)13-8)11-3(1-10-6)4(16)2-15/h2,11,16H,1H2,(H4,9,10,12,13,14)/b4-3+. The Morgan fingerprint density at radius 2 is 2.38 bits per heavy atom. The number of aromatic nitrogens is 2. The zero-order valence-electron chi connectivity index (χ0n) is 8.07. The molecular formula is C8H9N5OS2. The van der Waals surface area contributed by atoms with Gasteiger partial charge in [0.2, 0.25) is 5.95 Å². The maximum atomic E-state index is 11.6. The normalized spacial score (nSPS) is 16.8. The molecular weight excluding hydrogens is 246 g/mol. The van der Waals surface area contributed by atoms with Gasteiger partial charge in [-0.1, -0.05) is 12.2 Å². The molecule has 0 unspecified atom stereocenters. The summed E-state index contributed by atoms with van der Waals surface area (Å²) in [7, 11) is 0. The van der Waals surface area contributed by atoms with Crippen molar-refractivity contribution in [3.05, 3.63) is 21.0 Å². The van der Waals surface area contributed by atoms with Crippen molar-refractivity contribution in [2.75, 3.05) is 22.9 Å². The van der Waals surface area contributed by atoms with E-state index in [1.165, 1.54) is 5.37 Å². The lowest BCUT2D eigenvalue weighted by Crippen LogP contribution is -2.28. The first kappa shape index (κ1) is 11.0. The molecule has 1 aromatic heterocycles. The second-order valence-electron chi connectivity index (χ2n) is 3.13. The molecule has 0 saturated heterocycles. The minimum absolute atomic E-state index is 0.0754. The van der Waals surface area contributed by atoms with E-state index >= 15 is 0 Å². The number of fused-ring (bicyclic) bond motifs is 1. The van der Waals surface area contributed by atoms with Gasteiger partial charge in [-0.2, -0.15) is 4.98 Å². The molecule has 84 valence electrons. The summed E-state index contributed by atoms with van der Waals surface area (Å²) in [4.78, 5) is 18.5. The molecule has 2 heterocycles. The fraction of sp³-hybridized carbons (Fsp3) is 0.125. The highest BCUT2D eigenvalue weighted by Crippen LogP contribution is 2.23. The molecule has 1 aliphatic rings. The van der Waals surface area contributed by atoms with Crippen LogP contribution < -0.4 is 21.9 Å². The number of anilines is 3. The van der Waals surface area contributed by atoms with Gasteiger partial charge in [0.05, 0.1) is 6.54 Å². The van der Waals surface area contributed by atoms with Crippen LogP contribution in [0.3, 0.4) is 0 Å². The fourth-order valence-corrected chi connectivity index (χ4v) is 1.60. The SMILES string of the molecule is Nc1nc2c(c(=O)[nH]1)N/C(=C(/S)C=S)CN2. The minimum atomic E-state index is -0.335. The fourth-order valence-electron chi connectivity index (χ4n) is 1.33. The van der Waals surface area contributed by atoms with E-state index in [1.807, 2.05) is 0 Å². The van der Waals surface area contributed by atoms with Crippen LogP contribution in [-0.2, 0) is 0 Å². The molecule has 1 aromatic rings. The van der Waals surface area contributed by atoms with Crippen molar-refractivity contribution in [2.45, 2.75) is 0 Å². The van der Waals surface area contributed by atoms with Gasteiger partial charge in [0.15, 0.2) is 5.82 Å². The smallest absolute Gasteiger partial charge is 0.278 e. The van der Waals surface area contributed by atoms with E-state index in [2.05, 4.69) is 33.2 Å². The van der Waals surface area contributed by atoms with Crippen LogP contribution in [0.25, 0.3) is 0 Å². The summed E-state index contributed by atoms with van der Waals surface area (Å²) in [5.41, 5.74) is 6.13. The predicted octanol–water partition coefficient (Wildman–Crippen LogP) is 0.331. The molecule has 0 atom stereocenters. The van der Waals surface area contributed by atoms with Gasteiger partial charge in [-0.15, -0.1) is 12.6 Å². The number of allylic oxidation sites excluding steroid dienone is 1. The summed E-state index contributed by atoms with van der Waals surface area (Å²) in [5.74, 6) is 0.502. The van der Waals surface area contributed by atoms with Crippen molar-refractivity contribution in [1.82, 2.24) is 9.97 Å². The maximum absolute atomic E-state index is 11.6. The zero-order valence-corrected chi connectivity index (χ0v) is 9.78. The summed E-state index contributed by atoms with van der Waals surface area (Å²) in [5, 5.41) is 7.31. The summed E-state index contributed by atoms with van der Waals surface area (Å²) in [6.45, 7) is 0.467. The lowest BCUT2D eigenvalue weighted by molar-refractivity contribution is 1.06. The van der Waals surface area contributed by atoms with Gasteiger partial charge in [-0.05, 0) is 0 Å². The second-order valence-corrected chi connectivity index (χ2v) is 3.85. The maximum Gasteiger partial charge on any atom is 0.278 e. The highest BCUT2D eigenvalue weighted by Gasteiger charge is 2.18. The van der Waals surface area contributed by atoms with Crippen molar-refractivity contribution in [1.29, 1.82) is 0 Å². The molecule has 8 heteroatoms. The Morgan fingerprint density at radius 1 is 1.62 bits per heavy atom. The van der Waals surface area contributed by atoms with E-state index in [9.17, 15) is 4.79 Å². The number of aromatic amines is 1. The summed E-state index contributed by atoms with van der Waals surface area (Å²) in [6, 6.07) is 0. The van der Waals surface area contributed by atoms with Crippen LogP contribution >= 0.6 is 24.8 Å². The molecule has 2 rings (SSSR count). The summed E-state index contributed by atoms with van der Waals surface area (Å²) in [6.07, 6.45) is 0. The summed E-state index contributed by atoms with van der Waals surface area (Å²) < 4.78 is 0. The second kappa shape index (κ2) is 4.14. The average molecular weight is 255 g/mol. The third-order valence-corrected chi connectivity index (χ3v) is 2.88. The van der Waals surface area contributed by atoms with Crippen molar-refractivity contribution in [3.8, 4) is 0 Å². The number of thiocarbonyl (C=S) groups is 1. The van der Waals surface area contributed by atoms with Crippen molar-refractivity contribution in [2.24, 2.45) is 0 Å². The Bertz CT molecular complexity index is 536. The van der Waals surface area contributed by atoms with E-state index in [1.54, 1.807) is 0 Å². The van der Waals surface area contributed by atoms with Gasteiger partial charge in [0.25, 0.3) is 5.56 Å². The lowest BCUT2D eigenvalue weighted by Gasteiger charge is -2.21. The lowest BCUT2D eigenvalue weighted by atomic mass is 10.3. The number of nitrogens with one attached hydrogen (secondary N) is 3. The van der Waals surface area contributed by atoms with Crippen molar-refractivity contribution in [3.63, 3.8) is 0 Å². The van der Waals surface area contributed by atoms with Crippen molar-refractivity contribution < 1.29 is 0 Å². The molecule has 0 aromatic carbocycles. The first-order valence-electron chi connectivity index (χ1n) is 4.40. The molecule has 16 heavy (non-hydrogen) atoms. The van der Waals surface area contributed by atoms with Crippen LogP contribution in [0.1, 0.15) is 0 Å². The van der Waals surface area contributed by atoms with Gasteiger partial charge in [-0.25, -0.2) is 0 Å². The Kier molecular flexibility index (Phi) is 2.84. The molecule has 0 spiro atoms. The number of hydrogen-bond acceptors (Lipinski definition) is 7. The monoisotopic (exact) mass is 255 g/mol. The van der Waals surface area contributed by atoms with Crippen LogP contribution in [0.15, 0.2) is 15.4 Å². The van der Waals surface area contributed by atoms with Crippen molar-refractivity contribution >= 4 is 47.7 Å². The van der Waals surface area contributed by atoms with E-state index in [0.29, 0.717) is 23.0 Å². The third kappa shape index (κ3) is 1.89. The number of H-pyrrole nitrogens is 1. The molecule has 0 bridgehead atoms. The van der Waals surface area contributed by atoms with Gasteiger partial charge >= 0.3 is 0 Å². The molecule has 0 aliphatic carbocycles. The van der Waals surface area contributed by atoms with Crippen LogP contribution in [-0.4, -0.2) is 21.9 Å². The topological polar surface area (TPSA) is 95.8 Å². The highest BCUT2D eigenvalue weighted by molar-refractivity contribution is 7.89. The molecule has 0 fully saturated rings. The van der Waals surface area contributed by atoms with E-state index < -0.39 is 0 Å². The van der Waals surface area contributed by atoms with Crippen LogP contribution in [0.2, 0.25) is 0 Å². The van der Waals surface area contributed by atoms with Crippen LogP contribution in [0.4, 0.5) is 17.5 Å². The number of thiol groups is 1. The number of nitrogens with zero attached hydrogens (tertiary/aromatic N) is 1. The largest absolute Gasteiger partial charge is 0.369 e.